The first-order chi connectivity index (χ1) is 13.6. The summed E-state index contributed by atoms with van der Waals surface area (Å²) in [5.41, 5.74) is 2.89. The van der Waals surface area contributed by atoms with E-state index in [0.29, 0.717) is 10.8 Å². The molecule has 4 aromatic rings. The summed E-state index contributed by atoms with van der Waals surface area (Å²) >= 11 is 1.32. The number of nitrogens with one attached hydrogen (secondary N) is 2. The molecule has 0 fully saturated rings. The number of para-hydroxylation sites is 1. The van der Waals surface area contributed by atoms with Crippen LogP contribution in [0.4, 0.5) is 5.13 Å². The van der Waals surface area contributed by atoms with E-state index < -0.39 is 18.0 Å². The number of benzene rings is 2. The van der Waals surface area contributed by atoms with Gasteiger partial charge in [0.2, 0.25) is 0 Å². The van der Waals surface area contributed by atoms with E-state index >= 15 is 0 Å². The van der Waals surface area contributed by atoms with Crippen molar-refractivity contribution in [3.8, 4) is 11.3 Å². The summed E-state index contributed by atoms with van der Waals surface area (Å²) in [7, 11) is 0. The molecule has 0 spiro atoms. The van der Waals surface area contributed by atoms with Gasteiger partial charge in [0, 0.05) is 21.8 Å². The number of fused-ring (bicyclic) bond motifs is 1. The normalized spacial score (nSPS) is 11.9. The lowest BCUT2D eigenvalue weighted by molar-refractivity contribution is -0.123. The van der Waals surface area contributed by atoms with Gasteiger partial charge in [-0.3, -0.25) is 10.1 Å². The molecule has 140 valence electrons. The Morgan fingerprint density at radius 3 is 2.64 bits per heavy atom. The maximum absolute atomic E-state index is 12.4. The molecule has 0 saturated heterocycles. The zero-order valence-corrected chi connectivity index (χ0v) is 15.8. The zero-order valence-electron chi connectivity index (χ0n) is 15.0. The Morgan fingerprint density at radius 1 is 1.11 bits per heavy atom. The van der Waals surface area contributed by atoms with Crippen LogP contribution in [0, 0.1) is 0 Å². The van der Waals surface area contributed by atoms with Gasteiger partial charge in [0.25, 0.3) is 5.91 Å². The van der Waals surface area contributed by atoms with Crippen LogP contribution in [-0.2, 0) is 9.53 Å². The smallest absolute Gasteiger partial charge is 0.355 e. The minimum Gasteiger partial charge on any atom is -0.448 e. The fourth-order valence-electron chi connectivity index (χ4n) is 2.74. The molecule has 1 unspecified atom stereocenters. The highest BCUT2D eigenvalue weighted by molar-refractivity contribution is 7.14. The zero-order chi connectivity index (χ0) is 19.5. The Morgan fingerprint density at radius 2 is 1.86 bits per heavy atom. The van der Waals surface area contributed by atoms with E-state index in [0.717, 1.165) is 22.2 Å². The van der Waals surface area contributed by atoms with Crippen molar-refractivity contribution >= 4 is 39.2 Å². The van der Waals surface area contributed by atoms with Crippen molar-refractivity contribution in [2.75, 3.05) is 5.32 Å². The minimum atomic E-state index is -0.956. The summed E-state index contributed by atoms with van der Waals surface area (Å²) in [6, 6.07) is 18.9. The average Bonchev–Trinajstić information content (AvgIpc) is 3.35. The molecule has 2 N–H and O–H groups in total. The molecule has 0 radical (unpaired) electrons. The summed E-state index contributed by atoms with van der Waals surface area (Å²) in [5.74, 6) is -1.01. The number of amides is 1. The Bertz CT molecular complexity index is 1100. The molecule has 28 heavy (non-hydrogen) atoms. The van der Waals surface area contributed by atoms with Crippen molar-refractivity contribution in [2.45, 2.75) is 13.0 Å². The third-order valence-electron chi connectivity index (χ3n) is 4.21. The maximum atomic E-state index is 12.4. The van der Waals surface area contributed by atoms with E-state index in [4.69, 9.17) is 4.74 Å². The monoisotopic (exact) mass is 391 g/mol. The summed E-state index contributed by atoms with van der Waals surface area (Å²) in [5, 5.41) is 5.92. The molecule has 2 aromatic heterocycles. The van der Waals surface area contributed by atoms with Crippen molar-refractivity contribution in [1.29, 1.82) is 0 Å². The number of rotatable bonds is 5. The van der Waals surface area contributed by atoms with E-state index in [1.54, 1.807) is 6.07 Å². The Hall–Kier alpha value is -3.45. The first-order valence-corrected chi connectivity index (χ1v) is 9.58. The Kier molecular flexibility index (Phi) is 4.90. The highest BCUT2D eigenvalue weighted by Crippen LogP contribution is 2.24. The summed E-state index contributed by atoms with van der Waals surface area (Å²) in [6.07, 6.45) is -0.956. The lowest BCUT2D eigenvalue weighted by Gasteiger charge is -2.11. The van der Waals surface area contributed by atoms with Gasteiger partial charge in [0.15, 0.2) is 11.2 Å². The molecule has 7 heteroatoms. The number of hydrogen-bond donors (Lipinski definition) is 2. The van der Waals surface area contributed by atoms with Crippen LogP contribution in [0.25, 0.3) is 22.2 Å². The number of carbonyl (C=O) groups excluding carboxylic acids is 2. The first kappa shape index (κ1) is 17.9. The molecule has 2 heterocycles. The van der Waals surface area contributed by atoms with E-state index in [1.165, 1.54) is 18.3 Å². The van der Waals surface area contributed by atoms with Crippen LogP contribution in [0.5, 0.6) is 0 Å². The molecule has 1 amide bonds. The SMILES string of the molecule is CC(OC(=O)c1cc2ccccc2[nH]1)C(=O)Nc1nc(-c2ccccc2)cs1. The second-order valence-corrected chi connectivity index (χ2v) is 7.07. The standard InChI is InChI=1S/C21H17N3O3S/c1-13(27-20(26)17-11-15-9-5-6-10-16(15)22-17)19(25)24-21-23-18(12-28-21)14-7-3-2-4-8-14/h2-13,22H,1H3,(H,23,24,25). The molecule has 0 aliphatic carbocycles. The first-order valence-electron chi connectivity index (χ1n) is 8.71. The molecule has 1 atom stereocenters. The number of carbonyl (C=O) groups is 2. The lowest BCUT2D eigenvalue weighted by Crippen LogP contribution is -2.30. The molecular formula is C21H17N3O3S. The van der Waals surface area contributed by atoms with Gasteiger partial charge < -0.3 is 9.72 Å². The number of aromatic amines is 1. The predicted octanol–water partition coefficient (Wildman–Crippen LogP) is 4.48. The van der Waals surface area contributed by atoms with Crippen molar-refractivity contribution in [2.24, 2.45) is 0 Å². The highest BCUT2D eigenvalue weighted by Gasteiger charge is 2.21. The van der Waals surface area contributed by atoms with Crippen LogP contribution in [0.15, 0.2) is 66.0 Å². The van der Waals surface area contributed by atoms with Crippen LogP contribution >= 0.6 is 11.3 Å². The molecular weight excluding hydrogens is 374 g/mol. The van der Waals surface area contributed by atoms with Crippen LogP contribution in [0.1, 0.15) is 17.4 Å². The number of thiazole rings is 1. The Labute approximate surface area is 165 Å². The van der Waals surface area contributed by atoms with Crippen molar-refractivity contribution in [1.82, 2.24) is 9.97 Å². The van der Waals surface area contributed by atoms with Crippen LogP contribution in [0.2, 0.25) is 0 Å². The quantitative estimate of drug-likeness (QED) is 0.492. The van der Waals surface area contributed by atoms with Gasteiger partial charge in [0.05, 0.1) is 5.69 Å². The average molecular weight is 391 g/mol. The van der Waals surface area contributed by atoms with Crippen LogP contribution < -0.4 is 5.32 Å². The molecule has 0 aliphatic rings. The molecule has 0 bridgehead atoms. The van der Waals surface area contributed by atoms with Gasteiger partial charge >= 0.3 is 5.97 Å². The fourth-order valence-corrected chi connectivity index (χ4v) is 3.46. The van der Waals surface area contributed by atoms with Crippen molar-refractivity contribution in [3.05, 3.63) is 71.7 Å². The van der Waals surface area contributed by atoms with E-state index in [2.05, 4.69) is 15.3 Å². The van der Waals surface area contributed by atoms with Crippen LogP contribution in [0.3, 0.4) is 0 Å². The third-order valence-corrected chi connectivity index (χ3v) is 4.96. The van der Waals surface area contributed by atoms with Crippen molar-refractivity contribution in [3.63, 3.8) is 0 Å². The van der Waals surface area contributed by atoms with Crippen molar-refractivity contribution < 1.29 is 14.3 Å². The summed E-state index contributed by atoms with van der Waals surface area (Å²) < 4.78 is 5.29. The topological polar surface area (TPSA) is 84.1 Å². The largest absolute Gasteiger partial charge is 0.448 e. The molecule has 0 saturated carbocycles. The second kappa shape index (κ2) is 7.66. The van der Waals surface area contributed by atoms with E-state index in [9.17, 15) is 9.59 Å². The Balaban J connectivity index is 1.39. The number of hydrogen-bond acceptors (Lipinski definition) is 5. The number of anilines is 1. The van der Waals surface area contributed by atoms with Gasteiger partial charge in [0.1, 0.15) is 5.69 Å². The minimum absolute atomic E-state index is 0.307. The number of esters is 1. The molecule has 6 nitrogen and oxygen atoms in total. The van der Waals surface area contributed by atoms with Gasteiger partial charge in [-0.1, -0.05) is 48.5 Å². The summed E-state index contributed by atoms with van der Waals surface area (Å²) in [4.78, 5) is 32.1. The summed E-state index contributed by atoms with van der Waals surface area (Å²) in [6.45, 7) is 1.53. The van der Waals surface area contributed by atoms with Crippen LogP contribution in [-0.4, -0.2) is 27.9 Å². The number of aromatic nitrogens is 2. The maximum Gasteiger partial charge on any atom is 0.355 e. The number of nitrogens with zero attached hydrogens (tertiary/aromatic N) is 1. The molecule has 2 aromatic carbocycles. The fraction of sp³-hybridized carbons (Fsp3) is 0.0952. The van der Waals surface area contributed by atoms with Gasteiger partial charge in [-0.25, -0.2) is 9.78 Å². The number of ether oxygens (including phenoxy) is 1. The number of H-pyrrole nitrogens is 1. The highest BCUT2D eigenvalue weighted by atomic mass is 32.1. The van der Waals surface area contributed by atoms with Gasteiger partial charge in [-0.05, 0) is 19.1 Å². The van der Waals surface area contributed by atoms with Gasteiger partial charge in [-0.15, -0.1) is 11.3 Å². The van der Waals surface area contributed by atoms with E-state index in [-0.39, 0.29) is 0 Å². The lowest BCUT2D eigenvalue weighted by atomic mass is 10.2. The van der Waals surface area contributed by atoms with Gasteiger partial charge in [-0.2, -0.15) is 0 Å². The van der Waals surface area contributed by atoms with E-state index in [1.807, 2.05) is 60.0 Å². The molecule has 4 rings (SSSR count). The third kappa shape index (κ3) is 3.79. The predicted molar refractivity (Wildman–Crippen MR) is 109 cm³/mol. The second-order valence-electron chi connectivity index (χ2n) is 6.21. The molecule has 0 aliphatic heterocycles.